The van der Waals surface area contributed by atoms with Gasteiger partial charge in [-0.1, -0.05) is 50.2 Å². The zero-order valence-corrected chi connectivity index (χ0v) is 16.2. The van der Waals surface area contributed by atoms with Gasteiger partial charge in [0.25, 0.3) is 0 Å². The van der Waals surface area contributed by atoms with E-state index in [4.69, 9.17) is 4.52 Å². The lowest BCUT2D eigenvalue weighted by molar-refractivity contribution is 0.107. The minimum Gasteiger partial charge on any atom is -0.394 e. The first-order valence-electron chi connectivity index (χ1n) is 9.47. The molecular formula is C20H28N4O3. The summed E-state index contributed by atoms with van der Waals surface area (Å²) in [6.07, 6.45) is 2.83. The topological polar surface area (TPSA) is 91.5 Å². The first-order chi connectivity index (χ1) is 12.9. The van der Waals surface area contributed by atoms with Crippen molar-refractivity contribution in [3.8, 4) is 11.4 Å². The predicted octanol–water partition coefficient (Wildman–Crippen LogP) is 3.09. The van der Waals surface area contributed by atoms with E-state index in [0.717, 1.165) is 24.8 Å². The second-order valence-electron chi connectivity index (χ2n) is 8.02. The Labute approximate surface area is 159 Å². The molecule has 2 N–H and O–H groups in total. The Balaban J connectivity index is 1.60. The molecule has 2 aromatic rings. The third kappa shape index (κ3) is 4.66. The van der Waals surface area contributed by atoms with Crippen LogP contribution in [0.2, 0.25) is 0 Å². The highest BCUT2D eigenvalue weighted by Gasteiger charge is 2.26. The number of likely N-dealkylation sites (tertiary alicyclic amines) is 1. The van der Waals surface area contributed by atoms with Crippen LogP contribution in [0.1, 0.15) is 51.5 Å². The van der Waals surface area contributed by atoms with Crippen molar-refractivity contribution in [2.75, 3.05) is 13.2 Å². The second-order valence-corrected chi connectivity index (χ2v) is 8.02. The summed E-state index contributed by atoms with van der Waals surface area (Å²) < 4.78 is 5.26. The fourth-order valence-corrected chi connectivity index (χ4v) is 3.27. The number of hydrogen-bond acceptors (Lipinski definition) is 5. The van der Waals surface area contributed by atoms with Gasteiger partial charge >= 0.3 is 6.03 Å². The van der Waals surface area contributed by atoms with Crippen molar-refractivity contribution in [1.82, 2.24) is 20.4 Å². The summed E-state index contributed by atoms with van der Waals surface area (Å²) >= 11 is 0. The number of nitrogens with zero attached hydrogens (tertiary/aromatic N) is 3. The van der Waals surface area contributed by atoms with Gasteiger partial charge in [0.05, 0.1) is 19.2 Å². The van der Waals surface area contributed by atoms with Crippen molar-refractivity contribution in [1.29, 1.82) is 0 Å². The average Bonchev–Trinajstić information content (AvgIpc) is 3.14. The van der Waals surface area contributed by atoms with Crippen LogP contribution in [-0.4, -0.2) is 45.4 Å². The van der Waals surface area contributed by atoms with Gasteiger partial charge in [-0.25, -0.2) is 4.79 Å². The van der Waals surface area contributed by atoms with Crippen molar-refractivity contribution >= 4 is 6.03 Å². The SMILES string of the molecule is CC(C)(C)c1ccc(-c2noc(CNC(=O)N3CCCCC3CO)n2)cc1. The van der Waals surface area contributed by atoms with Gasteiger partial charge < -0.3 is 19.8 Å². The van der Waals surface area contributed by atoms with Gasteiger partial charge in [-0.2, -0.15) is 4.98 Å². The van der Waals surface area contributed by atoms with E-state index in [9.17, 15) is 9.90 Å². The monoisotopic (exact) mass is 372 g/mol. The molecule has 1 saturated heterocycles. The third-order valence-corrected chi connectivity index (χ3v) is 4.97. The van der Waals surface area contributed by atoms with E-state index < -0.39 is 0 Å². The van der Waals surface area contributed by atoms with Crippen molar-refractivity contribution in [2.24, 2.45) is 0 Å². The number of piperidine rings is 1. The quantitative estimate of drug-likeness (QED) is 0.860. The standard InChI is InChI=1S/C20H28N4O3/c1-20(2,3)15-9-7-14(8-10-15)18-22-17(27-23-18)12-21-19(26)24-11-5-4-6-16(24)13-25/h7-10,16,25H,4-6,11-13H2,1-3H3,(H,21,26). The van der Waals surface area contributed by atoms with Gasteiger partial charge in [0.1, 0.15) is 0 Å². The molecule has 2 heterocycles. The smallest absolute Gasteiger partial charge is 0.318 e. The lowest BCUT2D eigenvalue weighted by Crippen LogP contribution is -2.49. The van der Waals surface area contributed by atoms with Crippen molar-refractivity contribution in [3.63, 3.8) is 0 Å². The molecule has 0 aliphatic carbocycles. The maximum atomic E-state index is 12.4. The molecule has 1 aromatic carbocycles. The Hall–Kier alpha value is -2.41. The largest absolute Gasteiger partial charge is 0.394 e. The Morgan fingerprint density at radius 2 is 2.04 bits per heavy atom. The van der Waals surface area contributed by atoms with E-state index in [0.29, 0.717) is 18.3 Å². The van der Waals surface area contributed by atoms with Crippen LogP contribution in [0.15, 0.2) is 28.8 Å². The molecule has 1 atom stereocenters. The third-order valence-electron chi connectivity index (χ3n) is 4.97. The Kier molecular flexibility index (Phi) is 5.79. The van der Waals surface area contributed by atoms with Crippen LogP contribution in [0.5, 0.6) is 0 Å². The number of aliphatic hydroxyl groups is 1. The van der Waals surface area contributed by atoms with E-state index in [2.05, 4.69) is 48.4 Å². The molecule has 1 aromatic heterocycles. The minimum absolute atomic E-state index is 0.0112. The molecular weight excluding hydrogens is 344 g/mol. The van der Waals surface area contributed by atoms with Gasteiger partial charge in [0.2, 0.25) is 11.7 Å². The van der Waals surface area contributed by atoms with Crippen LogP contribution in [0.3, 0.4) is 0 Å². The normalized spacial score (nSPS) is 17.8. The van der Waals surface area contributed by atoms with Crippen molar-refractivity contribution < 1.29 is 14.4 Å². The summed E-state index contributed by atoms with van der Waals surface area (Å²) in [5.74, 6) is 0.863. The van der Waals surface area contributed by atoms with Crippen LogP contribution in [0, 0.1) is 0 Å². The summed E-state index contributed by atoms with van der Waals surface area (Å²) in [6, 6.07) is 7.78. The summed E-state index contributed by atoms with van der Waals surface area (Å²) in [5, 5.41) is 16.2. The Bertz CT molecular complexity index is 764. The van der Waals surface area contributed by atoms with Gasteiger partial charge in [-0.05, 0) is 30.2 Å². The molecule has 1 fully saturated rings. The number of hydrogen-bond donors (Lipinski definition) is 2. The van der Waals surface area contributed by atoms with Crippen LogP contribution in [0.25, 0.3) is 11.4 Å². The predicted molar refractivity (Wildman–Crippen MR) is 102 cm³/mol. The molecule has 7 heteroatoms. The zero-order chi connectivity index (χ0) is 19.4. The average molecular weight is 372 g/mol. The summed E-state index contributed by atoms with van der Waals surface area (Å²) in [4.78, 5) is 18.4. The summed E-state index contributed by atoms with van der Waals surface area (Å²) in [6.45, 7) is 7.32. The first-order valence-corrected chi connectivity index (χ1v) is 9.47. The van der Waals surface area contributed by atoms with Gasteiger partial charge in [0, 0.05) is 12.1 Å². The van der Waals surface area contributed by atoms with Gasteiger partial charge in [-0.3, -0.25) is 0 Å². The molecule has 7 nitrogen and oxygen atoms in total. The van der Waals surface area contributed by atoms with Crippen molar-refractivity contribution in [3.05, 3.63) is 35.7 Å². The molecule has 146 valence electrons. The highest BCUT2D eigenvalue weighted by molar-refractivity contribution is 5.74. The van der Waals surface area contributed by atoms with E-state index in [1.807, 2.05) is 12.1 Å². The fourth-order valence-electron chi connectivity index (χ4n) is 3.27. The molecule has 1 aliphatic rings. The van der Waals surface area contributed by atoms with Gasteiger partial charge in [-0.15, -0.1) is 0 Å². The highest BCUT2D eigenvalue weighted by Crippen LogP contribution is 2.25. The summed E-state index contributed by atoms with van der Waals surface area (Å²) in [7, 11) is 0. The molecule has 2 amide bonds. The van der Waals surface area contributed by atoms with Crippen LogP contribution in [0.4, 0.5) is 4.79 Å². The number of carbonyl (C=O) groups excluding carboxylic acids is 1. The number of aliphatic hydroxyl groups excluding tert-OH is 1. The van der Waals surface area contributed by atoms with Crippen LogP contribution >= 0.6 is 0 Å². The lowest BCUT2D eigenvalue weighted by atomic mass is 9.87. The number of nitrogens with one attached hydrogen (secondary N) is 1. The molecule has 0 spiro atoms. The fraction of sp³-hybridized carbons (Fsp3) is 0.550. The second kappa shape index (κ2) is 8.08. The van der Waals surface area contributed by atoms with E-state index in [1.54, 1.807) is 4.90 Å². The lowest BCUT2D eigenvalue weighted by Gasteiger charge is -2.34. The molecule has 1 aliphatic heterocycles. The molecule has 1 unspecified atom stereocenters. The van der Waals surface area contributed by atoms with Crippen molar-refractivity contribution in [2.45, 2.75) is 58.0 Å². The Morgan fingerprint density at radius 3 is 2.70 bits per heavy atom. The number of benzene rings is 1. The molecule has 0 radical (unpaired) electrons. The Morgan fingerprint density at radius 1 is 1.30 bits per heavy atom. The molecule has 0 saturated carbocycles. The van der Waals surface area contributed by atoms with E-state index in [1.165, 1.54) is 5.56 Å². The first kappa shape index (κ1) is 19.4. The number of urea groups is 1. The van der Waals surface area contributed by atoms with Crippen LogP contribution in [-0.2, 0) is 12.0 Å². The highest BCUT2D eigenvalue weighted by atomic mass is 16.5. The molecule has 0 bridgehead atoms. The summed E-state index contributed by atoms with van der Waals surface area (Å²) in [5.41, 5.74) is 2.20. The number of carbonyl (C=O) groups is 1. The number of amides is 2. The van der Waals surface area contributed by atoms with Gasteiger partial charge in [0.15, 0.2) is 0 Å². The maximum absolute atomic E-state index is 12.4. The number of rotatable bonds is 4. The zero-order valence-electron chi connectivity index (χ0n) is 16.2. The molecule has 3 rings (SSSR count). The number of aromatic nitrogens is 2. The maximum Gasteiger partial charge on any atom is 0.318 e. The van der Waals surface area contributed by atoms with E-state index in [-0.39, 0.29) is 30.6 Å². The van der Waals surface area contributed by atoms with E-state index >= 15 is 0 Å². The minimum atomic E-state index is -0.206. The molecule has 27 heavy (non-hydrogen) atoms. The van der Waals surface area contributed by atoms with Crippen LogP contribution < -0.4 is 5.32 Å².